The fourth-order valence-corrected chi connectivity index (χ4v) is 5.46. The quantitative estimate of drug-likeness (QED) is 0.465. The summed E-state index contributed by atoms with van der Waals surface area (Å²) in [7, 11) is 0. The van der Waals surface area contributed by atoms with Gasteiger partial charge < -0.3 is 20.5 Å². The van der Waals surface area contributed by atoms with Crippen LogP contribution in [-0.4, -0.2) is 64.6 Å². The Labute approximate surface area is 226 Å². The number of carbonyl (C=O) groups excluding carboxylic acids is 2. The van der Waals surface area contributed by atoms with Gasteiger partial charge in [0.15, 0.2) is 4.90 Å². The van der Waals surface area contributed by atoms with E-state index in [1.54, 1.807) is 34.9 Å². The van der Waals surface area contributed by atoms with E-state index in [1.165, 1.54) is 6.07 Å². The van der Waals surface area contributed by atoms with Gasteiger partial charge in [-0.25, -0.2) is 0 Å². The molecule has 202 valence electrons. The molecule has 1 saturated heterocycles. The lowest BCUT2D eigenvalue weighted by molar-refractivity contribution is -0.138. The predicted octanol–water partition coefficient (Wildman–Crippen LogP) is 3.67. The highest BCUT2D eigenvalue weighted by Gasteiger charge is 2.36. The third-order valence-corrected chi connectivity index (χ3v) is 8.00. The van der Waals surface area contributed by atoms with Crippen molar-refractivity contribution >= 4 is 46.2 Å². The van der Waals surface area contributed by atoms with Gasteiger partial charge in [-0.05, 0) is 54.0 Å². The van der Waals surface area contributed by atoms with Crippen molar-refractivity contribution in [3.8, 4) is 0 Å². The highest BCUT2D eigenvalue weighted by Crippen LogP contribution is 2.37. The van der Waals surface area contributed by atoms with E-state index in [9.17, 15) is 27.3 Å². The van der Waals surface area contributed by atoms with E-state index >= 15 is 0 Å². The molecule has 0 bridgehead atoms. The minimum Gasteiger partial charge on any atom is -0.611 e. The van der Waals surface area contributed by atoms with Crippen LogP contribution in [0.5, 0.6) is 0 Å². The second kappa shape index (κ2) is 12.7. The van der Waals surface area contributed by atoms with Crippen LogP contribution in [0.4, 0.5) is 13.2 Å². The van der Waals surface area contributed by atoms with Crippen molar-refractivity contribution in [2.24, 2.45) is 5.73 Å². The molecule has 1 aliphatic heterocycles. The average molecular weight is 579 g/mol. The standard InChI is InChI=1S/C24H27Cl2F3N4O3S/c1-2-37(36)21-4-3-17(25)9-16(21)13-31-23(35)15-10-19(24(27,28)29)18(20(26)11-15)14-32-5-7-33(8-6-32)22(34)12-30/h3-4,9-11H,2,5-8,12-14,30H2,1H3,(H,31,35). The number of nitrogens with one attached hydrogen (secondary N) is 1. The summed E-state index contributed by atoms with van der Waals surface area (Å²) in [5, 5.41) is 2.77. The molecule has 13 heteroatoms. The van der Waals surface area contributed by atoms with Gasteiger partial charge in [-0.2, -0.15) is 13.2 Å². The first-order chi connectivity index (χ1) is 17.4. The Bertz CT molecular complexity index is 1140. The van der Waals surface area contributed by atoms with Crippen LogP contribution in [0.15, 0.2) is 35.2 Å². The topological polar surface area (TPSA) is 102 Å². The molecule has 1 aliphatic rings. The van der Waals surface area contributed by atoms with E-state index in [0.717, 1.165) is 6.07 Å². The Morgan fingerprint density at radius 2 is 1.81 bits per heavy atom. The molecular formula is C24H27Cl2F3N4O3S. The third kappa shape index (κ3) is 7.52. The maximum Gasteiger partial charge on any atom is 0.416 e. The summed E-state index contributed by atoms with van der Waals surface area (Å²) in [5.74, 6) is -0.622. The predicted molar refractivity (Wildman–Crippen MR) is 137 cm³/mol. The molecule has 1 atom stereocenters. The van der Waals surface area contributed by atoms with E-state index in [2.05, 4.69) is 5.32 Å². The first-order valence-electron chi connectivity index (χ1n) is 11.5. The summed E-state index contributed by atoms with van der Waals surface area (Å²) in [4.78, 5) is 28.4. The summed E-state index contributed by atoms with van der Waals surface area (Å²) in [5.41, 5.74) is 4.49. The van der Waals surface area contributed by atoms with Crippen LogP contribution >= 0.6 is 23.2 Å². The average Bonchev–Trinajstić information content (AvgIpc) is 2.87. The lowest BCUT2D eigenvalue weighted by atomic mass is 10.0. The van der Waals surface area contributed by atoms with Gasteiger partial charge in [0.05, 0.1) is 12.1 Å². The number of rotatable bonds is 8. The molecule has 7 nitrogen and oxygen atoms in total. The normalized spacial score (nSPS) is 15.5. The highest BCUT2D eigenvalue weighted by atomic mass is 35.5. The van der Waals surface area contributed by atoms with Gasteiger partial charge in [0.2, 0.25) is 5.91 Å². The second-order valence-electron chi connectivity index (χ2n) is 8.41. The van der Waals surface area contributed by atoms with Gasteiger partial charge in [0.25, 0.3) is 5.91 Å². The van der Waals surface area contributed by atoms with Crippen molar-refractivity contribution in [2.45, 2.75) is 31.1 Å². The Balaban J connectivity index is 1.79. The van der Waals surface area contributed by atoms with Gasteiger partial charge >= 0.3 is 6.18 Å². The summed E-state index contributed by atoms with van der Waals surface area (Å²) in [6.45, 7) is 2.89. The number of hydrogen-bond acceptors (Lipinski definition) is 5. The molecule has 1 unspecified atom stereocenters. The number of amides is 2. The minimum absolute atomic E-state index is 0.0764. The first kappa shape index (κ1) is 29.5. The number of hydrogen-bond donors (Lipinski definition) is 2. The fraction of sp³-hybridized carbons (Fsp3) is 0.417. The van der Waals surface area contributed by atoms with Crippen LogP contribution in [0.3, 0.4) is 0 Å². The van der Waals surface area contributed by atoms with Gasteiger partial charge in [-0.3, -0.25) is 14.5 Å². The van der Waals surface area contributed by atoms with Crippen molar-refractivity contribution in [3.05, 3.63) is 62.6 Å². The zero-order valence-corrected chi connectivity index (χ0v) is 22.4. The Kier molecular flexibility index (Phi) is 10.1. The zero-order valence-electron chi connectivity index (χ0n) is 20.0. The number of alkyl halides is 3. The van der Waals surface area contributed by atoms with Crippen LogP contribution in [0.25, 0.3) is 0 Å². The number of carbonyl (C=O) groups is 2. The minimum atomic E-state index is -4.75. The first-order valence-corrected chi connectivity index (χ1v) is 13.6. The molecule has 2 aromatic rings. The van der Waals surface area contributed by atoms with E-state index in [4.69, 9.17) is 28.9 Å². The van der Waals surface area contributed by atoms with Crippen LogP contribution in [0.1, 0.15) is 34.0 Å². The van der Waals surface area contributed by atoms with E-state index in [-0.39, 0.29) is 41.7 Å². The number of halogens is 5. The van der Waals surface area contributed by atoms with Gasteiger partial charge in [0, 0.05) is 60.4 Å². The molecule has 0 radical (unpaired) electrons. The molecule has 0 aliphatic carbocycles. The number of piperazine rings is 1. The largest absolute Gasteiger partial charge is 0.611 e. The SMILES string of the molecule is CC[S+]([O-])c1ccc(Cl)cc1CNC(=O)c1cc(Cl)c(CN2CCN(C(=O)CN)CC2)c(C(F)(F)F)c1. The van der Waals surface area contributed by atoms with Gasteiger partial charge in [0.1, 0.15) is 5.75 Å². The van der Waals surface area contributed by atoms with E-state index < -0.39 is 28.8 Å². The van der Waals surface area contributed by atoms with Gasteiger partial charge in [-0.1, -0.05) is 23.2 Å². The molecule has 3 rings (SSSR count). The summed E-state index contributed by atoms with van der Waals surface area (Å²) >= 11 is 11.0. The van der Waals surface area contributed by atoms with Crippen molar-refractivity contribution in [2.75, 3.05) is 38.5 Å². The van der Waals surface area contributed by atoms with E-state index in [1.807, 2.05) is 0 Å². The van der Waals surface area contributed by atoms with Crippen LogP contribution < -0.4 is 11.1 Å². The van der Waals surface area contributed by atoms with Crippen LogP contribution in [0.2, 0.25) is 10.0 Å². The Morgan fingerprint density at radius 3 is 2.41 bits per heavy atom. The molecule has 1 heterocycles. The lowest BCUT2D eigenvalue weighted by Gasteiger charge is -2.35. The Hall–Kier alpha value is -2.02. The van der Waals surface area contributed by atoms with E-state index in [0.29, 0.717) is 47.4 Å². The highest BCUT2D eigenvalue weighted by molar-refractivity contribution is 7.91. The lowest BCUT2D eigenvalue weighted by Crippen LogP contribution is -2.50. The molecule has 1 fully saturated rings. The fourth-order valence-electron chi connectivity index (χ4n) is 4.03. The van der Waals surface area contributed by atoms with Crippen molar-refractivity contribution < 1.29 is 27.3 Å². The molecule has 0 spiro atoms. The number of nitrogens with zero attached hydrogens (tertiary/aromatic N) is 2. The van der Waals surface area contributed by atoms with Gasteiger partial charge in [-0.15, -0.1) is 0 Å². The van der Waals surface area contributed by atoms with Crippen molar-refractivity contribution in [1.29, 1.82) is 0 Å². The van der Waals surface area contributed by atoms with Crippen LogP contribution in [0, 0.1) is 0 Å². The zero-order chi connectivity index (χ0) is 27.3. The molecule has 37 heavy (non-hydrogen) atoms. The maximum atomic E-state index is 14.0. The molecule has 2 aromatic carbocycles. The molecule has 0 saturated carbocycles. The molecular weight excluding hydrogens is 552 g/mol. The number of nitrogens with two attached hydrogens (primary N) is 1. The third-order valence-electron chi connectivity index (χ3n) is 6.01. The summed E-state index contributed by atoms with van der Waals surface area (Å²) in [6.07, 6.45) is -4.75. The van der Waals surface area contributed by atoms with Crippen molar-refractivity contribution in [1.82, 2.24) is 15.1 Å². The number of benzene rings is 2. The summed E-state index contributed by atoms with van der Waals surface area (Å²) in [6, 6.07) is 6.73. The summed E-state index contributed by atoms with van der Waals surface area (Å²) < 4.78 is 54.3. The van der Waals surface area contributed by atoms with Crippen LogP contribution in [-0.2, 0) is 35.2 Å². The molecule has 3 N–H and O–H groups in total. The van der Waals surface area contributed by atoms with Crippen molar-refractivity contribution in [3.63, 3.8) is 0 Å². The monoisotopic (exact) mass is 578 g/mol. The maximum absolute atomic E-state index is 14.0. The molecule has 0 aromatic heterocycles. The Morgan fingerprint density at radius 1 is 1.14 bits per heavy atom. The second-order valence-corrected chi connectivity index (χ2v) is 11.0. The molecule has 2 amide bonds. The smallest absolute Gasteiger partial charge is 0.416 e.